The molecule has 0 spiro atoms. The molecule has 5 nitrogen and oxygen atoms in total. The molecule has 7 heteroatoms. The molecule has 0 heterocycles. The molecule has 0 aliphatic heterocycles. The third-order valence-electron chi connectivity index (χ3n) is 3.24. The van der Waals surface area contributed by atoms with E-state index in [4.69, 9.17) is 20.5 Å². The molecule has 0 aliphatic carbocycles. The molecule has 1 rings (SSSR count). The summed E-state index contributed by atoms with van der Waals surface area (Å²) in [6.45, 7) is 3.93. The first-order chi connectivity index (χ1) is 9.73. The number of ether oxygens (including phenoxy) is 1. The Kier molecular flexibility index (Phi) is 6.48. The minimum Gasteiger partial charge on any atom is -0.493 e. The summed E-state index contributed by atoms with van der Waals surface area (Å²) in [5.74, 6) is -0.171. The molecule has 0 atom stereocenters. The Labute approximate surface area is 129 Å². The molecule has 0 unspecified atom stereocenters. The fraction of sp³-hybridized carbons (Fsp3) is 0.500. The molecule has 1 N–H and O–H groups in total. The molecule has 0 fully saturated rings. The number of aliphatic carboxylic acids is 1. The fourth-order valence-electron chi connectivity index (χ4n) is 1.93. The summed E-state index contributed by atoms with van der Waals surface area (Å²) in [4.78, 5) is 10.5. The number of carboxylic acid groups (broad SMARTS) is 1. The lowest BCUT2D eigenvalue weighted by Crippen LogP contribution is -2.03. The Morgan fingerprint density at radius 1 is 1.19 bits per heavy atom. The average molecular weight is 335 g/mol. The van der Waals surface area contributed by atoms with Gasteiger partial charge in [0.15, 0.2) is 0 Å². The maximum atomic E-state index is 11.4. The van der Waals surface area contributed by atoms with Crippen LogP contribution in [0, 0.1) is 13.8 Å². The van der Waals surface area contributed by atoms with Crippen LogP contribution in [0.15, 0.2) is 17.0 Å². The minimum atomic E-state index is -3.75. The van der Waals surface area contributed by atoms with E-state index in [9.17, 15) is 13.2 Å². The Morgan fingerprint density at radius 2 is 1.86 bits per heavy atom. The standard InChI is InChI=1S/C14H19ClO5S/c1-10-11(2)13(21(15,18)19)8-7-12(10)20-9-5-3-4-6-14(16)17/h7-8H,3-6,9H2,1-2H3,(H,16,17). The lowest BCUT2D eigenvalue weighted by atomic mass is 10.1. The molecule has 0 bridgehead atoms. The number of benzene rings is 1. The average Bonchev–Trinajstić information content (AvgIpc) is 2.36. The summed E-state index contributed by atoms with van der Waals surface area (Å²) in [6.07, 6.45) is 2.32. The smallest absolute Gasteiger partial charge is 0.303 e. The normalized spacial score (nSPS) is 11.4. The maximum Gasteiger partial charge on any atom is 0.303 e. The lowest BCUT2D eigenvalue weighted by Gasteiger charge is -2.13. The van der Waals surface area contributed by atoms with E-state index in [1.807, 2.05) is 0 Å². The predicted octanol–water partition coefficient (Wildman–Crippen LogP) is 3.25. The van der Waals surface area contributed by atoms with Crippen LogP contribution in [0.5, 0.6) is 5.75 Å². The fourth-order valence-corrected chi connectivity index (χ4v) is 3.18. The van der Waals surface area contributed by atoms with Gasteiger partial charge in [-0.2, -0.15) is 0 Å². The van der Waals surface area contributed by atoms with Crippen molar-refractivity contribution < 1.29 is 23.1 Å². The quantitative estimate of drug-likeness (QED) is 0.583. The number of carboxylic acids is 1. The summed E-state index contributed by atoms with van der Waals surface area (Å²) >= 11 is 0. The van der Waals surface area contributed by atoms with Gasteiger partial charge in [0.25, 0.3) is 9.05 Å². The van der Waals surface area contributed by atoms with Crippen LogP contribution in [0.4, 0.5) is 0 Å². The van der Waals surface area contributed by atoms with Gasteiger partial charge in [0, 0.05) is 17.1 Å². The van der Waals surface area contributed by atoms with E-state index in [0.717, 1.165) is 18.4 Å². The number of hydrogen-bond acceptors (Lipinski definition) is 4. The topological polar surface area (TPSA) is 80.7 Å². The van der Waals surface area contributed by atoms with E-state index in [0.29, 0.717) is 24.3 Å². The molecule has 118 valence electrons. The van der Waals surface area contributed by atoms with Crippen LogP contribution < -0.4 is 4.74 Å². The zero-order valence-corrected chi connectivity index (χ0v) is 13.6. The van der Waals surface area contributed by atoms with Gasteiger partial charge in [-0.3, -0.25) is 4.79 Å². The number of hydrogen-bond donors (Lipinski definition) is 1. The molecule has 0 saturated carbocycles. The lowest BCUT2D eigenvalue weighted by molar-refractivity contribution is -0.137. The molecule has 21 heavy (non-hydrogen) atoms. The van der Waals surface area contributed by atoms with Gasteiger partial charge >= 0.3 is 5.97 Å². The van der Waals surface area contributed by atoms with Gasteiger partial charge < -0.3 is 9.84 Å². The third kappa shape index (κ3) is 5.55. The van der Waals surface area contributed by atoms with Crippen molar-refractivity contribution in [2.75, 3.05) is 6.61 Å². The van der Waals surface area contributed by atoms with Crippen LogP contribution in [0.25, 0.3) is 0 Å². The first-order valence-corrected chi connectivity index (χ1v) is 8.94. The van der Waals surface area contributed by atoms with Crippen molar-refractivity contribution in [3.8, 4) is 5.75 Å². The molecule has 0 aliphatic rings. The molecule has 0 radical (unpaired) electrons. The largest absolute Gasteiger partial charge is 0.493 e. The minimum absolute atomic E-state index is 0.0930. The number of unbranched alkanes of at least 4 members (excludes halogenated alkanes) is 2. The van der Waals surface area contributed by atoms with Crippen molar-refractivity contribution in [2.24, 2.45) is 0 Å². The monoisotopic (exact) mass is 334 g/mol. The highest BCUT2D eigenvalue weighted by Crippen LogP contribution is 2.29. The van der Waals surface area contributed by atoms with Gasteiger partial charge in [-0.1, -0.05) is 0 Å². The molecule has 0 aromatic heterocycles. The number of rotatable bonds is 8. The van der Waals surface area contributed by atoms with Crippen molar-refractivity contribution in [3.63, 3.8) is 0 Å². The zero-order chi connectivity index (χ0) is 16.0. The van der Waals surface area contributed by atoms with Crippen LogP contribution >= 0.6 is 10.7 Å². The Hall–Kier alpha value is -1.27. The Morgan fingerprint density at radius 3 is 2.43 bits per heavy atom. The summed E-state index contributed by atoms with van der Waals surface area (Å²) < 4.78 is 28.4. The van der Waals surface area contributed by atoms with E-state index in [1.165, 1.54) is 6.07 Å². The van der Waals surface area contributed by atoms with Crippen molar-refractivity contribution in [1.29, 1.82) is 0 Å². The van der Waals surface area contributed by atoms with Gasteiger partial charge in [0.2, 0.25) is 0 Å². The maximum absolute atomic E-state index is 11.4. The second-order valence-electron chi connectivity index (χ2n) is 4.80. The van der Waals surface area contributed by atoms with Crippen LogP contribution in [0.1, 0.15) is 36.8 Å². The number of carbonyl (C=O) groups is 1. The Balaban J connectivity index is 2.58. The SMILES string of the molecule is Cc1c(OCCCCCC(=O)O)ccc(S(=O)(=O)Cl)c1C. The second-order valence-corrected chi connectivity index (χ2v) is 7.34. The molecule has 1 aromatic carbocycles. The summed E-state index contributed by atoms with van der Waals surface area (Å²) in [6, 6.07) is 3.03. The van der Waals surface area contributed by atoms with Gasteiger partial charge in [-0.15, -0.1) is 0 Å². The highest BCUT2D eigenvalue weighted by Gasteiger charge is 2.16. The van der Waals surface area contributed by atoms with Gasteiger partial charge in [-0.05, 0) is 56.4 Å². The molecule has 0 amide bonds. The van der Waals surface area contributed by atoms with Crippen molar-refractivity contribution in [3.05, 3.63) is 23.3 Å². The summed E-state index contributed by atoms with van der Waals surface area (Å²) in [5, 5.41) is 8.52. The van der Waals surface area contributed by atoms with Crippen molar-refractivity contribution >= 4 is 25.7 Å². The Bertz CT molecular complexity index is 610. The molecular weight excluding hydrogens is 316 g/mol. The van der Waals surface area contributed by atoms with Crippen molar-refractivity contribution in [1.82, 2.24) is 0 Å². The first-order valence-electron chi connectivity index (χ1n) is 6.63. The second kappa shape index (κ2) is 7.66. The molecular formula is C14H19ClO5S. The predicted molar refractivity (Wildman–Crippen MR) is 80.6 cm³/mol. The van der Waals surface area contributed by atoms with Gasteiger partial charge in [0.05, 0.1) is 11.5 Å². The van der Waals surface area contributed by atoms with Crippen molar-refractivity contribution in [2.45, 2.75) is 44.4 Å². The van der Waals surface area contributed by atoms with E-state index in [1.54, 1.807) is 19.9 Å². The zero-order valence-electron chi connectivity index (χ0n) is 12.1. The highest BCUT2D eigenvalue weighted by molar-refractivity contribution is 8.13. The molecule has 1 aromatic rings. The highest BCUT2D eigenvalue weighted by atomic mass is 35.7. The van der Waals surface area contributed by atoms with E-state index in [2.05, 4.69) is 0 Å². The first kappa shape index (κ1) is 17.8. The molecule has 0 saturated heterocycles. The summed E-state index contributed by atoms with van der Waals surface area (Å²) in [7, 11) is 1.61. The van der Waals surface area contributed by atoms with E-state index in [-0.39, 0.29) is 11.3 Å². The van der Waals surface area contributed by atoms with Crippen LogP contribution in [0.2, 0.25) is 0 Å². The van der Waals surface area contributed by atoms with Crippen LogP contribution in [-0.4, -0.2) is 26.1 Å². The summed E-state index contributed by atoms with van der Waals surface area (Å²) in [5.41, 5.74) is 1.32. The third-order valence-corrected chi connectivity index (χ3v) is 4.71. The van der Waals surface area contributed by atoms with Crippen LogP contribution in [0.3, 0.4) is 0 Å². The van der Waals surface area contributed by atoms with Gasteiger partial charge in [-0.25, -0.2) is 8.42 Å². The van der Waals surface area contributed by atoms with Crippen LogP contribution in [-0.2, 0) is 13.8 Å². The van der Waals surface area contributed by atoms with E-state index < -0.39 is 15.0 Å². The number of halogens is 1. The van der Waals surface area contributed by atoms with E-state index >= 15 is 0 Å². The van der Waals surface area contributed by atoms with Gasteiger partial charge in [0.1, 0.15) is 5.75 Å².